The summed E-state index contributed by atoms with van der Waals surface area (Å²) in [5.41, 5.74) is 2.72. The molecule has 1 aliphatic rings. The molecule has 7 heteroatoms. The summed E-state index contributed by atoms with van der Waals surface area (Å²) in [6.07, 6.45) is 0.998. The van der Waals surface area contributed by atoms with Crippen LogP contribution in [0, 0.1) is 6.92 Å². The lowest BCUT2D eigenvalue weighted by atomic mass is 10.2. The predicted molar refractivity (Wildman–Crippen MR) is 95.6 cm³/mol. The smallest absolute Gasteiger partial charge is 0.308 e. The van der Waals surface area contributed by atoms with Gasteiger partial charge in [0.15, 0.2) is 5.13 Å². The molecule has 0 atom stereocenters. The Kier molecular flexibility index (Phi) is 4.84. The number of nitrogens with zero attached hydrogens (tertiary/aromatic N) is 2. The molecular formula is C16H19ClN4OS. The molecule has 0 radical (unpaired) electrons. The molecule has 3 rings (SSSR count). The molecule has 1 aromatic heterocycles. The van der Waals surface area contributed by atoms with Crippen LogP contribution in [0.2, 0.25) is 5.02 Å². The number of aromatic nitrogens is 1. The summed E-state index contributed by atoms with van der Waals surface area (Å²) in [5.74, 6) is 0. The minimum absolute atomic E-state index is 0.302. The molecule has 5 nitrogen and oxygen atoms in total. The van der Waals surface area contributed by atoms with E-state index in [2.05, 4.69) is 27.4 Å². The number of halogens is 1. The fourth-order valence-corrected chi connectivity index (χ4v) is 3.64. The summed E-state index contributed by atoms with van der Waals surface area (Å²) in [5, 5.41) is 6.86. The molecule has 2 N–H and O–H groups in total. The lowest BCUT2D eigenvalue weighted by Gasteiger charge is -2.23. The standard InChI is InChI=1S/C16H19ClN4OS/c1-3-21-7-6-14-13(9-21)19-16(23-14)20-15(22)18-11-5-4-10(2)12(17)8-11/h4-5,8H,3,6-7,9H2,1-2H3,(H2,18,19,20,22). The molecule has 1 aliphatic heterocycles. The van der Waals surface area contributed by atoms with E-state index in [1.165, 1.54) is 4.88 Å². The van der Waals surface area contributed by atoms with Gasteiger partial charge in [0.2, 0.25) is 0 Å². The first kappa shape index (κ1) is 16.2. The fraction of sp³-hybridized carbons (Fsp3) is 0.375. The Labute approximate surface area is 144 Å². The summed E-state index contributed by atoms with van der Waals surface area (Å²) in [6, 6.07) is 5.14. The van der Waals surface area contributed by atoms with Gasteiger partial charge in [-0.3, -0.25) is 10.2 Å². The molecule has 2 aromatic rings. The quantitative estimate of drug-likeness (QED) is 0.875. The molecule has 0 bridgehead atoms. The van der Waals surface area contributed by atoms with Crippen LogP contribution in [-0.4, -0.2) is 29.0 Å². The molecule has 0 aliphatic carbocycles. The Hall–Kier alpha value is -1.63. The molecule has 0 fully saturated rings. The van der Waals surface area contributed by atoms with Crippen LogP contribution in [0.3, 0.4) is 0 Å². The van der Waals surface area contributed by atoms with Crippen molar-refractivity contribution in [2.24, 2.45) is 0 Å². The first-order chi connectivity index (χ1) is 11.0. The van der Waals surface area contributed by atoms with Gasteiger partial charge in [0.05, 0.1) is 5.69 Å². The van der Waals surface area contributed by atoms with Crippen LogP contribution in [0.25, 0.3) is 0 Å². The number of anilines is 2. The van der Waals surface area contributed by atoms with E-state index < -0.39 is 0 Å². The van der Waals surface area contributed by atoms with Crippen molar-refractivity contribution in [2.45, 2.75) is 26.8 Å². The maximum absolute atomic E-state index is 12.1. The number of carbonyl (C=O) groups excluding carboxylic acids is 1. The van der Waals surface area contributed by atoms with Crippen molar-refractivity contribution in [2.75, 3.05) is 23.7 Å². The maximum Gasteiger partial charge on any atom is 0.325 e. The number of amides is 2. The second-order valence-electron chi connectivity index (χ2n) is 5.55. The molecule has 2 heterocycles. The van der Waals surface area contributed by atoms with Crippen molar-refractivity contribution in [3.63, 3.8) is 0 Å². The molecule has 1 aromatic carbocycles. The van der Waals surface area contributed by atoms with Crippen LogP contribution in [0.15, 0.2) is 18.2 Å². The summed E-state index contributed by atoms with van der Waals surface area (Å²) in [7, 11) is 0. The molecule has 122 valence electrons. The van der Waals surface area contributed by atoms with Gasteiger partial charge in [-0.2, -0.15) is 0 Å². The fourth-order valence-electron chi connectivity index (χ4n) is 2.51. The zero-order valence-corrected chi connectivity index (χ0v) is 14.7. The molecule has 0 spiro atoms. The third-order valence-electron chi connectivity index (χ3n) is 3.90. The van der Waals surface area contributed by atoms with Gasteiger partial charge >= 0.3 is 6.03 Å². The summed E-state index contributed by atoms with van der Waals surface area (Å²) >= 11 is 7.62. The van der Waals surface area contributed by atoms with E-state index in [9.17, 15) is 4.79 Å². The number of likely N-dealkylation sites (N-methyl/N-ethyl adjacent to an activating group) is 1. The molecule has 2 amide bonds. The normalized spacial score (nSPS) is 14.4. The monoisotopic (exact) mass is 350 g/mol. The van der Waals surface area contributed by atoms with E-state index in [0.29, 0.717) is 15.8 Å². The van der Waals surface area contributed by atoms with E-state index in [4.69, 9.17) is 11.6 Å². The minimum atomic E-state index is -0.302. The van der Waals surface area contributed by atoms with Crippen LogP contribution in [0.4, 0.5) is 15.6 Å². The van der Waals surface area contributed by atoms with E-state index in [1.54, 1.807) is 17.4 Å². The Bertz CT molecular complexity index is 731. The summed E-state index contributed by atoms with van der Waals surface area (Å²) < 4.78 is 0. The number of hydrogen-bond donors (Lipinski definition) is 2. The lowest BCUT2D eigenvalue weighted by molar-refractivity contribution is 0.262. The number of benzene rings is 1. The van der Waals surface area contributed by atoms with Gasteiger partial charge < -0.3 is 5.32 Å². The predicted octanol–water partition coefficient (Wildman–Crippen LogP) is 4.13. The van der Waals surface area contributed by atoms with Crippen LogP contribution >= 0.6 is 22.9 Å². The maximum atomic E-state index is 12.1. The number of nitrogens with one attached hydrogen (secondary N) is 2. The minimum Gasteiger partial charge on any atom is -0.308 e. The largest absolute Gasteiger partial charge is 0.325 e. The van der Waals surface area contributed by atoms with Crippen molar-refractivity contribution in [3.8, 4) is 0 Å². The molecule has 23 heavy (non-hydrogen) atoms. The SMILES string of the molecule is CCN1CCc2sc(NC(=O)Nc3ccc(C)c(Cl)c3)nc2C1. The Morgan fingerprint density at radius 1 is 1.43 bits per heavy atom. The van der Waals surface area contributed by atoms with Crippen LogP contribution < -0.4 is 10.6 Å². The van der Waals surface area contributed by atoms with Gasteiger partial charge in [-0.25, -0.2) is 9.78 Å². The molecule has 0 saturated carbocycles. The van der Waals surface area contributed by atoms with Crippen LogP contribution in [-0.2, 0) is 13.0 Å². The van der Waals surface area contributed by atoms with Gasteiger partial charge in [0.1, 0.15) is 0 Å². The van der Waals surface area contributed by atoms with Crippen molar-refractivity contribution >= 4 is 39.8 Å². The highest BCUT2D eigenvalue weighted by Crippen LogP contribution is 2.28. The average molecular weight is 351 g/mol. The second-order valence-corrected chi connectivity index (χ2v) is 7.04. The zero-order valence-electron chi connectivity index (χ0n) is 13.1. The van der Waals surface area contributed by atoms with Crippen molar-refractivity contribution in [1.82, 2.24) is 9.88 Å². The molecule has 0 saturated heterocycles. The first-order valence-electron chi connectivity index (χ1n) is 7.60. The number of rotatable bonds is 3. The van der Waals surface area contributed by atoms with Crippen molar-refractivity contribution in [1.29, 1.82) is 0 Å². The van der Waals surface area contributed by atoms with Gasteiger partial charge in [-0.15, -0.1) is 11.3 Å². The van der Waals surface area contributed by atoms with Gasteiger partial charge in [-0.1, -0.05) is 24.6 Å². The van der Waals surface area contributed by atoms with Crippen LogP contribution in [0.1, 0.15) is 23.1 Å². The highest BCUT2D eigenvalue weighted by Gasteiger charge is 2.20. The average Bonchev–Trinajstić information content (AvgIpc) is 2.91. The van der Waals surface area contributed by atoms with E-state index >= 15 is 0 Å². The highest BCUT2D eigenvalue weighted by atomic mass is 35.5. The number of carbonyl (C=O) groups is 1. The van der Waals surface area contributed by atoms with Gasteiger partial charge in [-0.05, 0) is 37.6 Å². The number of urea groups is 1. The number of fused-ring (bicyclic) bond motifs is 1. The number of aryl methyl sites for hydroxylation is 1. The lowest BCUT2D eigenvalue weighted by Crippen LogP contribution is -2.29. The van der Waals surface area contributed by atoms with Crippen LogP contribution in [0.5, 0.6) is 0 Å². The van der Waals surface area contributed by atoms with E-state index in [1.807, 2.05) is 19.1 Å². The molecule has 0 unspecified atom stereocenters. The third-order valence-corrected chi connectivity index (χ3v) is 5.38. The number of thiazole rings is 1. The summed E-state index contributed by atoms with van der Waals surface area (Å²) in [4.78, 5) is 20.3. The third kappa shape index (κ3) is 3.83. The number of hydrogen-bond acceptors (Lipinski definition) is 4. The highest BCUT2D eigenvalue weighted by molar-refractivity contribution is 7.15. The Morgan fingerprint density at radius 3 is 3.00 bits per heavy atom. The van der Waals surface area contributed by atoms with Crippen molar-refractivity contribution < 1.29 is 4.79 Å². The topological polar surface area (TPSA) is 57.3 Å². The Morgan fingerprint density at radius 2 is 2.26 bits per heavy atom. The van der Waals surface area contributed by atoms with Gasteiger partial charge in [0, 0.05) is 28.7 Å². The van der Waals surface area contributed by atoms with Crippen molar-refractivity contribution in [3.05, 3.63) is 39.4 Å². The van der Waals surface area contributed by atoms with E-state index in [0.717, 1.165) is 37.3 Å². The summed E-state index contributed by atoms with van der Waals surface area (Å²) in [6.45, 7) is 7.01. The van der Waals surface area contributed by atoms with E-state index in [-0.39, 0.29) is 6.03 Å². The van der Waals surface area contributed by atoms with Gasteiger partial charge in [0.25, 0.3) is 0 Å². The Balaban J connectivity index is 1.64. The molecular weight excluding hydrogens is 332 g/mol. The second kappa shape index (κ2) is 6.86. The zero-order chi connectivity index (χ0) is 16.4. The first-order valence-corrected chi connectivity index (χ1v) is 8.79.